The summed E-state index contributed by atoms with van der Waals surface area (Å²) in [6, 6.07) is 3.06. The minimum atomic E-state index is -0.505. The number of carbonyl (C=O) groups is 2. The second kappa shape index (κ2) is 4.56. The standard InChI is InChI=1S/C19H18N2O4/c1-8-5-14(15(21(24)25)6-9(8)2)20-18(22)16-10-3-4-11(13-7-12(10)13)17(16)19(20)23/h3-6,10-13,16-17H,7H2,1-2H3/t10-,11-,12-,13-,16+,17+/m1/s1. The van der Waals surface area contributed by atoms with Gasteiger partial charge >= 0.3 is 0 Å². The Morgan fingerprint density at radius 2 is 1.52 bits per heavy atom. The molecule has 6 atom stereocenters. The van der Waals surface area contributed by atoms with E-state index in [2.05, 4.69) is 12.2 Å². The molecule has 0 radical (unpaired) electrons. The van der Waals surface area contributed by atoms with Crippen molar-refractivity contribution in [3.05, 3.63) is 45.5 Å². The molecule has 2 amide bonds. The topological polar surface area (TPSA) is 80.5 Å². The Labute approximate surface area is 144 Å². The van der Waals surface area contributed by atoms with Crippen LogP contribution in [0.15, 0.2) is 24.3 Å². The van der Waals surface area contributed by atoms with Crippen molar-refractivity contribution in [3.63, 3.8) is 0 Å². The number of hydrogen-bond acceptors (Lipinski definition) is 4. The van der Waals surface area contributed by atoms with Crippen LogP contribution < -0.4 is 4.90 Å². The predicted octanol–water partition coefficient (Wildman–Crippen LogP) is 2.77. The number of aryl methyl sites for hydroxylation is 2. The van der Waals surface area contributed by atoms with E-state index in [1.165, 1.54) is 6.07 Å². The van der Waals surface area contributed by atoms with Gasteiger partial charge in [0.2, 0.25) is 11.8 Å². The number of hydrogen-bond donors (Lipinski definition) is 0. The molecule has 1 saturated heterocycles. The van der Waals surface area contributed by atoms with Gasteiger partial charge in [-0.2, -0.15) is 0 Å². The Hall–Kier alpha value is -2.50. The van der Waals surface area contributed by atoms with E-state index in [4.69, 9.17) is 0 Å². The van der Waals surface area contributed by atoms with Gasteiger partial charge in [-0.25, -0.2) is 4.90 Å². The lowest BCUT2D eigenvalue weighted by Gasteiger charge is -2.37. The Morgan fingerprint density at radius 1 is 1.00 bits per heavy atom. The van der Waals surface area contributed by atoms with Gasteiger partial charge < -0.3 is 0 Å². The van der Waals surface area contributed by atoms with Crippen LogP contribution in [0.3, 0.4) is 0 Å². The molecular formula is C19H18N2O4. The molecule has 1 aromatic rings. The summed E-state index contributed by atoms with van der Waals surface area (Å²) >= 11 is 0. The molecule has 1 aliphatic heterocycles. The zero-order chi connectivity index (χ0) is 17.6. The van der Waals surface area contributed by atoms with Crippen molar-refractivity contribution in [2.24, 2.45) is 35.5 Å². The first-order chi connectivity index (χ1) is 11.9. The molecule has 1 aromatic carbocycles. The molecule has 0 N–H and O–H groups in total. The van der Waals surface area contributed by atoms with Crippen LogP contribution in [0.5, 0.6) is 0 Å². The van der Waals surface area contributed by atoms with Gasteiger partial charge in [-0.3, -0.25) is 19.7 Å². The molecule has 3 fully saturated rings. The van der Waals surface area contributed by atoms with Gasteiger partial charge in [-0.15, -0.1) is 0 Å². The quantitative estimate of drug-likeness (QED) is 0.359. The Bertz CT molecular complexity index is 854. The summed E-state index contributed by atoms with van der Waals surface area (Å²) in [4.78, 5) is 38.4. The second-order valence-corrected chi connectivity index (χ2v) is 7.85. The molecule has 1 heterocycles. The normalized spacial score (nSPS) is 37.3. The lowest BCUT2D eigenvalue weighted by atomic mass is 9.63. The molecule has 2 saturated carbocycles. The van der Waals surface area contributed by atoms with E-state index in [1.54, 1.807) is 13.0 Å². The highest BCUT2D eigenvalue weighted by Gasteiger charge is 2.67. The largest absolute Gasteiger partial charge is 0.293 e. The second-order valence-electron chi connectivity index (χ2n) is 7.85. The number of nitrogens with zero attached hydrogens (tertiary/aromatic N) is 2. The molecule has 4 aliphatic carbocycles. The predicted molar refractivity (Wildman–Crippen MR) is 89.8 cm³/mol. The highest BCUT2D eigenvalue weighted by molar-refractivity contribution is 6.23. The average Bonchev–Trinajstić information content (AvgIpc) is 3.34. The smallest absolute Gasteiger partial charge is 0.274 e. The first-order valence-electron chi connectivity index (χ1n) is 8.72. The minimum absolute atomic E-state index is 0.118. The number of anilines is 1. The van der Waals surface area contributed by atoms with Crippen LogP contribution in [0, 0.1) is 59.5 Å². The van der Waals surface area contributed by atoms with Gasteiger partial charge in [0, 0.05) is 6.07 Å². The summed E-state index contributed by atoms with van der Waals surface area (Å²) in [6.45, 7) is 3.62. The third kappa shape index (κ3) is 1.74. The van der Waals surface area contributed by atoms with Crippen molar-refractivity contribution in [1.82, 2.24) is 0 Å². The van der Waals surface area contributed by atoms with Gasteiger partial charge in [0.25, 0.3) is 5.69 Å². The van der Waals surface area contributed by atoms with Gasteiger partial charge in [0.15, 0.2) is 0 Å². The highest BCUT2D eigenvalue weighted by atomic mass is 16.6. The number of imide groups is 1. The molecule has 6 rings (SSSR count). The Morgan fingerprint density at radius 3 is 2.04 bits per heavy atom. The van der Waals surface area contributed by atoms with Crippen molar-refractivity contribution in [2.75, 3.05) is 4.90 Å². The molecule has 0 spiro atoms. The number of nitro groups is 1. The maximum atomic E-state index is 13.1. The number of nitro benzene ring substituents is 1. The van der Waals surface area contributed by atoms with E-state index in [1.807, 2.05) is 6.92 Å². The SMILES string of the molecule is Cc1cc(N2C(=O)[C@H]3[C@@H]4C=C[C@H]([C@H]5C[C@H]45)[C@@H]3C2=O)c([N+](=O)[O-])cc1C. The van der Waals surface area contributed by atoms with E-state index in [0.29, 0.717) is 11.8 Å². The van der Waals surface area contributed by atoms with Crippen molar-refractivity contribution < 1.29 is 14.5 Å². The summed E-state index contributed by atoms with van der Waals surface area (Å²) in [6.07, 6.45) is 5.30. The van der Waals surface area contributed by atoms with Gasteiger partial charge in [-0.05, 0) is 61.1 Å². The molecule has 128 valence electrons. The maximum absolute atomic E-state index is 13.1. The zero-order valence-electron chi connectivity index (χ0n) is 14.0. The molecule has 6 heteroatoms. The van der Waals surface area contributed by atoms with Crippen LogP contribution in [0.25, 0.3) is 0 Å². The van der Waals surface area contributed by atoms with Crippen LogP contribution in [0.2, 0.25) is 0 Å². The molecule has 6 nitrogen and oxygen atoms in total. The van der Waals surface area contributed by atoms with Crippen LogP contribution in [0.1, 0.15) is 17.5 Å². The minimum Gasteiger partial charge on any atom is -0.274 e. The van der Waals surface area contributed by atoms with Crippen molar-refractivity contribution >= 4 is 23.2 Å². The molecule has 25 heavy (non-hydrogen) atoms. The number of allylic oxidation sites excluding steroid dienone is 2. The summed E-state index contributed by atoms with van der Waals surface area (Å²) < 4.78 is 0. The number of rotatable bonds is 2. The highest BCUT2D eigenvalue weighted by Crippen LogP contribution is 2.65. The van der Waals surface area contributed by atoms with Gasteiger partial charge in [0.05, 0.1) is 16.8 Å². The van der Waals surface area contributed by atoms with E-state index >= 15 is 0 Å². The molecule has 0 aromatic heterocycles. The zero-order valence-corrected chi connectivity index (χ0v) is 14.0. The monoisotopic (exact) mass is 338 g/mol. The Kier molecular flexibility index (Phi) is 2.70. The van der Waals surface area contributed by atoms with E-state index in [-0.39, 0.29) is 46.9 Å². The molecule has 2 bridgehead atoms. The molecular weight excluding hydrogens is 320 g/mol. The molecule has 5 aliphatic rings. The van der Waals surface area contributed by atoms with Crippen molar-refractivity contribution in [1.29, 1.82) is 0 Å². The van der Waals surface area contributed by atoms with Crippen LogP contribution in [-0.2, 0) is 9.59 Å². The Balaban J connectivity index is 1.63. The average molecular weight is 338 g/mol. The summed E-state index contributed by atoms with van der Waals surface area (Å²) in [5, 5.41) is 11.5. The summed E-state index contributed by atoms with van der Waals surface area (Å²) in [5.74, 6) is 0.0708. The fourth-order valence-electron chi connectivity index (χ4n) is 5.31. The maximum Gasteiger partial charge on any atom is 0.293 e. The fraction of sp³-hybridized carbons (Fsp3) is 0.474. The van der Waals surface area contributed by atoms with Crippen LogP contribution in [0.4, 0.5) is 11.4 Å². The van der Waals surface area contributed by atoms with E-state index < -0.39 is 4.92 Å². The number of benzene rings is 1. The first-order valence-corrected chi connectivity index (χ1v) is 8.72. The summed E-state index contributed by atoms with van der Waals surface area (Å²) in [5.41, 5.74) is 1.56. The lowest BCUT2D eigenvalue weighted by molar-refractivity contribution is -0.384. The molecule has 0 unspecified atom stereocenters. The van der Waals surface area contributed by atoms with Gasteiger partial charge in [0.1, 0.15) is 5.69 Å². The van der Waals surface area contributed by atoms with Crippen molar-refractivity contribution in [3.8, 4) is 0 Å². The number of amides is 2. The third-order valence-electron chi connectivity index (χ3n) is 6.69. The first kappa shape index (κ1) is 14.8. The summed E-state index contributed by atoms with van der Waals surface area (Å²) in [7, 11) is 0. The van der Waals surface area contributed by atoms with Gasteiger partial charge in [-0.1, -0.05) is 12.2 Å². The van der Waals surface area contributed by atoms with E-state index in [0.717, 1.165) is 22.4 Å². The fourth-order valence-corrected chi connectivity index (χ4v) is 5.31. The number of carbonyl (C=O) groups excluding carboxylic acids is 2. The lowest BCUT2D eigenvalue weighted by Crippen LogP contribution is -2.40. The van der Waals surface area contributed by atoms with Crippen molar-refractivity contribution in [2.45, 2.75) is 20.3 Å². The van der Waals surface area contributed by atoms with Crippen LogP contribution >= 0.6 is 0 Å². The third-order valence-corrected chi connectivity index (χ3v) is 6.69. The van der Waals surface area contributed by atoms with E-state index in [9.17, 15) is 19.7 Å². The van der Waals surface area contributed by atoms with Crippen LogP contribution in [-0.4, -0.2) is 16.7 Å².